The third kappa shape index (κ3) is 3.86. The minimum Gasteiger partial charge on any atom is -0.462 e. The van der Waals surface area contributed by atoms with Crippen LogP contribution in [-0.2, 0) is 9.53 Å². The van der Waals surface area contributed by atoms with Crippen LogP contribution in [0.2, 0.25) is 0 Å². The molecule has 0 aliphatic heterocycles. The van der Waals surface area contributed by atoms with E-state index in [1.165, 1.54) is 64.2 Å². The third-order valence-corrected chi connectivity index (χ3v) is 14.8. The summed E-state index contributed by atoms with van der Waals surface area (Å²) < 4.78 is 6.22. The highest BCUT2D eigenvalue weighted by atomic mass is 16.5. The normalized spacial score (nSPS) is 53.2. The van der Waals surface area contributed by atoms with Crippen molar-refractivity contribution in [3.8, 4) is 0 Å². The fourth-order valence-corrected chi connectivity index (χ4v) is 11.8. The Morgan fingerprint density at radius 3 is 1.92 bits per heavy atom. The lowest BCUT2D eigenvalue weighted by Crippen LogP contribution is -2.68. The Morgan fingerprint density at radius 1 is 0.676 bits per heavy atom. The molecule has 2 nitrogen and oxygen atoms in total. The quantitative estimate of drug-likeness (QED) is 0.327. The van der Waals surface area contributed by atoms with Crippen LogP contribution in [0.15, 0.2) is 0 Å². The number of fused-ring (bicyclic) bond motifs is 7. The van der Waals surface area contributed by atoms with Crippen LogP contribution < -0.4 is 0 Å². The van der Waals surface area contributed by atoms with E-state index in [9.17, 15) is 4.79 Å². The molecular formula is C35H60O2. The van der Waals surface area contributed by atoms with E-state index in [0.29, 0.717) is 33.0 Å². The lowest BCUT2D eigenvalue weighted by Gasteiger charge is -2.75. The molecule has 212 valence electrons. The van der Waals surface area contributed by atoms with Crippen molar-refractivity contribution < 1.29 is 9.53 Å². The van der Waals surface area contributed by atoms with Gasteiger partial charge in [-0.1, -0.05) is 55.4 Å². The molecule has 0 aromatic heterocycles. The molecule has 0 N–H and O–H groups in total. The van der Waals surface area contributed by atoms with Crippen molar-refractivity contribution in [2.24, 2.45) is 61.6 Å². The van der Waals surface area contributed by atoms with Gasteiger partial charge in [0, 0.05) is 0 Å². The third-order valence-electron chi connectivity index (χ3n) is 14.8. The van der Waals surface area contributed by atoms with Crippen LogP contribution >= 0.6 is 0 Å². The monoisotopic (exact) mass is 512 g/mol. The molecular weight excluding hydrogens is 452 g/mol. The number of carbonyl (C=O) groups is 1. The number of ether oxygens (including phenoxy) is 1. The van der Waals surface area contributed by atoms with Gasteiger partial charge in [0.15, 0.2) is 0 Å². The molecule has 0 bridgehead atoms. The molecule has 10 atom stereocenters. The van der Waals surface area contributed by atoms with Crippen LogP contribution in [0.1, 0.15) is 147 Å². The van der Waals surface area contributed by atoms with Crippen molar-refractivity contribution in [3.63, 3.8) is 0 Å². The zero-order chi connectivity index (χ0) is 27.4. The average Bonchev–Trinajstić information content (AvgIpc) is 2.79. The number of hydrogen-bond donors (Lipinski definition) is 0. The SMILES string of the molecule is C[C@H]1[C@@H](OC(=O)C(C)(C)C)CC[C@@H]2[C@]1(C)CC[C@H]1[C@@]2(C)CC[C@@]2(C)[C@@H]3CC(C)(C)CC[C@]3(C)CC[C@]12C. The predicted octanol–water partition coefficient (Wildman–Crippen LogP) is 9.85. The summed E-state index contributed by atoms with van der Waals surface area (Å²) in [5, 5.41) is 0. The van der Waals surface area contributed by atoms with Gasteiger partial charge < -0.3 is 4.74 Å². The van der Waals surface area contributed by atoms with Crippen LogP contribution in [-0.4, -0.2) is 12.1 Å². The largest absolute Gasteiger partial charge is 0.462 e. The average molecular weight is 513 g/mol. The summed E-state index contributed by atoms with van der Waals surface area (Å²) in [4.78, 5) is 12.8. The second-order valence-corrected chi connectivity index (χ2v) is 18.1. The topological polar surface area (TPSA) is 26.3 Å². The highest BCUT2D eigenvalue weighted by Crippen LogP contribution is 2.78. The highest BCUT2D eigenvalue weighted by molar-refractivity contribution is 5.75. The van der Waals surface area contributed by atoms with Crippen LogP contribution in [0, 0.1) is 61.6 Å². The summed E-state index contributed by atoms with van der Waals surface area (Å²) in [6.45, 7) is 27.0. The van der Waals surface area contributed by atoms with E-state index in [1.807, 2.05) is 20.8 Å². The summed E-state index contributed by atoms with van der Waals surface area (Å²) in [6, 6.07) is 0. The molecule has 5 fully saturated rings. The van der Waals surface area contributed by atoms with Gasteiger partial charge in [0.05, 0.1) is 5.41 Å². The molecule has 37 heavy (non-hydrogen) atoms. The standard InChI is InChI=1S/C35H60O2/c1-23-24(37-28(36)29(2,3)4)12-13-25-32(23,8)15-14-26-33(25,9)19-21-35(11)27-22-30(5,6)16-17-31(27,7)18-20-34(26,35)10/h23-27H,12-22H2,1-11H3/t23-,24-,25+,26-,27+,31+,32+,33-,34+,35-/m0/s1. The molecule has 0 spiro atoms. The van der Waals surface area contributed by atoms with E-state index >= 15 is 0 Å². The van der Waals surface area contributed by atoms with Gasteiger partial charge in [0.25, 0.3) is 0 Å². The molecule has 0 amide bonds. The Bertz CT molecular complexity index is 928. The second-order valence-electron chi connectivity index (χ2n) is 18.1. The van der Waals surface area contributed by atoms with E-state index < -0.39 is 5.41 Å². The molecule has 0 radical (unpaired) electrons. The van der Waals surface area contributed by atoms with Gasteiger partial charge in [-0.05, 0) is 148 Å². The Balaban J connectivity index is 1.44. The Hall–Kier alpha value is -0.530. The van der Waals surface area contributed by atoms with Crippen LogP contribution in [0.25, 0.3) is 0 Å². The maximum Gasteiger partial charge on any atom is 0.311 e. The Labute approximate surface area is 229 Å². The molecule has 0 heterocycles. The zero-order valence-electron chi connectivity index (χ0n) is 26.5. The van der Waals surface area contributed by atoms with E-state index in [2.05, 4.69) is 55.4 Å². The maximum atomic E-state index is 12.8. The fraction of sp³-hybridized carbons (Fsp3) is 0.971. The van der Waals surface area contributed by atoms with Crippen molar-refractivity contribution in [2.45, 2.75) is 153 Å². The molecule has 0 unspecified atom stereocenters. The van der Waals surface area contributed by atoms with Crippen LogP contribution in [0.3, 0.4) is 0 Å². The molecule has 0 aromatic rings. The van der Waals surface area contributed by atoms with Crippen molar-refractivity contribution in [3.05, 3.63) is 0 Å². The van der Waals surface area contributed by atoms with Crippen molar-refractivity contribution >= 4 is 5.97 Å². The first-order chi connectivity index (χ1) is 16.8. The number of esters is 1. The molecule has 5 aliphatic carbocycles. The summed E-state index contributed by atoms with van der Waals surface area (Å²) in [6.07, 6.45) is 15.0. The van der Waals surface area contributed by atoms with E-state index in [4.69, 9.17) is 4.74 Å². The van der Waals surface area contributed by atoms with E-state index in [1.54, 1.807) is 0 Å². The molecule has 5 saturated carbocycles. The summed E-state index contributed by atoms with van der Waals surface area (Å²) in [7, 11) is 0. The second kappa shape index (κ2) is 8.25. The fourth-order valence-electron chi connectivity index (χ4n) is 11.8. The predicted molar refractivity (Wildman–Crippen MR) is 154 cm³/mol. The molecule has 0 saturated heterocycles. The molecule has 0 aromatic carbocycles. The first-order valence-electron chi connectivity index (χ1n) is 16.0. The smallest absolute Gasteiger partial charge is 0.311 e. The van der Waals surface area contributed by atoms with E-state index in [-0.39, 0.29) is 17.5 Å². The minimum atomic E-state index is -0.424. The molecule has 2 heteroatoms. The maximum absolute atomic E-state index is 12.8. The zero-order valence-corrected chi connectivity index (χ0v) is 26.5. The summed E-state index contributed by atoms with van der Waals surface area (Å²) in [5.41, 5.74) is 2.20. The van der Waals surface area contributed by atoms with Gasteiger partial charge in [0.2, 0.25) is 0 Å². The lowest BCUT2D eigenvalue weighted by atomic mass is 9.30. The van der Waals surface area contributed by atoms with Crippen LogP contribution in [0.5, 0.6) is 0 Å². The van der Waals surface area contributed by atoms with Crippen molar-refractivity contribution in [1.82, 2.24) is 0 Å². The van der Waals surface area contributed by atoms with Crippen LogP contribution in [0.4, 0.5) is 0 Å². The molecule has 5 aliphatic rings. The number of carbonyl (C=O) groups excluding carboxylic acids is 1. The van der Waals surface area contributed by atoms with Gasteiger partial charge in [-0.15, -0.1) is 0 Å². The Kier molecular flexibility index (Phi) is 6.25. The minimum absolute atomic E-state index is 0.0205. The van der Waals surface area contributed by atoms with Gasteiger partial charge in [-0.25, -0.2) is 0 Å². The van der Waals surface area contributed by atoms with E-state index in [0.717, 1.165) is 24.2 Å². The van der Waals surface area contributed by atoms with Gasteiger partial charge in [0.1, 0.15) is 6.10 Å². The van der Waals surface area contributed by atoms with Gasteiger partial charge in [-0.2, -0.15) is 0 Å². The van der Waals surface area contributed by atoms with Gasteiger partial charge in [-0.3, -0.25) is 4.79 Å². The Morgan fingerprint density at radius 2 is 1.27 bits per heavy atom. The highest BCUT2D eigenvalue weighted by Gasteiger charge is 2.71. The number of hydrogen-bond acceptors (Lipinski definition) is 2. The van der Waals surface area contributed by atoms with Gasteiger partial charge >= 0.3 is 5.97 Å². The lowest BCUT2D eigenvalue weighted by molar-refractivity contribution is -0.264. The van der Waals surface area contributed by atoms with Crippen molar-refractivity contribution in [2.75, 3.05) is 0 Å². The first kappa shape index (κ1) is 28.0. The summed E-state index contributed by atoms with van der Waals surface area (Å²) in [5.74, 6) is 2.85. The summed E-state index contributed by atoms with van der Waals surface area (Å²) >= 11 is 0. The first-order valence-corrected chi connectivity index (χ1v) is 16.0. The number of rotatable bonds is 1. The van der Waals surface area contributed by atoms with Crippen molar-refractivity contribution in [1.29, 1.82) is 0 Å². The molecule has 5 rings (SSSR count).